The maximum Gasteiger partial charge on any atom is 0.312 e. The van der Waals surface area contributed by atoms with Crippen LogP contribution in [-0.2, 0) is 9.53 Å². The molecule has 0 aromatic carbocycles. The van der Waals surface area contributed by atoms with E-state index in [2.05, 4.69) is 34.6 Å². The van der Waals surface area contributed by atoms with Gasteiger partial charge in [-0.15, -0.1) is 0 Å². The van der Waals surface area contributed by atoms with Crippen LogP contribution >= 0.6 is 0 Å². The van der Waals surface area contributed by atoms with Crippen molar-refractivity contribution in [3.8, 4) is 0 Å². The van der Waals surface area contributed by atoms with Crippen molar-refractivity contribution < 1.29 is 9.53 Å². The van der Waals surface area contributed by atoms with Crippen LogP contribution in [-0.4, -0.2) is 12.6 Å². The Morgan fingerprint density at radius 2 is 1.90 bits per heavy atom. The van der Waals surface area contributed by atoms with Gasteiger partial charge in [-0.25, -0.2) is 0 Å². The molecule has 2 nitrogen and oxygen atoms in total. The average molecular weight is 278 g/mol. The van der Waals surface area contributed by atoms with Crippen LogP contribution in [0.15, 0.2) is 11.1 Å². The van der Waals surface area contributed by atoms with Crippen molar-refractivity contribution in [2.24, 2.45) is 16.7 Å². The zero-order chi connectivity index (χ0) is 15.0. The normalized spacial score (nSPS) is 29.3. The second-order valence-electron chi connectivity index (χ2n) is 8.05. The van der Waals surface area contributed by atoms with Crippen LogP contribution in [0.25, 0.3) is 0 Å². The SMILES string of the molecule is CC(C)COC(=O)[C@@]1(C)CCC2=C(C1)C(C)(C)CCC2. The highest BCUT2D eigenvalue weighted by molar-refractivity contribution is 5.77. The summed E-state index contributed by atoms with van der Waals surface area (Å²) in [6, 6.07) is 0. The molecule has 0 amide bonds. The van der Waals surface area contributed by atoms with Crippen LogP contribution in [0.4, 0.5) is 0 Å². The molecule has 114 valence electrons. The number of ether oxygens (including phenoxy) is 1. The van der Waals surface area contributed by atoms with Crippen molar-refractivity contribution in [1.29, 1.82) is 0 Å². The Morgan fingerprint density at radius 1 is 1.20 bits per heavy atom. The summed E-state index contributed by atoms with van der Waals surface area (Å²) in [7, 11) is 0. The number of carbonyl (C=O) groups is 1. The molecule has 0 unspecified atom stereocenters. The molecule has 0 radical (unpaired) electrons. The van der Waals surface area contributed by atoms with Crippen LogP contribution < -0.4 is 0 Å². The van der Waals surface area contributed by atoms with E-state index in [1.165, 1.54) is 19.3 Å². The van der Waals surface area contributed by atoms with E-state index in [4.69, 9.17) is 4.74 Å². The first-order valence-corrected chi connectivity index (χ1v) is 8.13. The van der Waals surface area contributed by atoms with E-state index in [0.29, 0.717) is 12.5 Å². The molecule has 20 heavy (non-hydrogen) atoms. The highest BCUT2D eigenvalue weighted by Gasteiger charge is 2.43. The highest BCUT2D eigenvalue weighted by atomic mass is 16.5. The summed E-state index contributed by atoms with van der Waals surface area (Å²) in [6.45, 7) is 11.5. The van der Waals surface area contributed by atoms with Gasteiger partial charge in [0.15, 0.2) is 0 Å². The number of esters is 1. The molecule has 0 heterocycles. The largest absolute Gasteiger partial charge is 0.465 e. The van der Waals surface area contributed by atoms with Crippen LogP contribution in [0, 0.1) is 16.7 Å². The standard InChI is InChI=1S/C18H30O2/c1-13(2)12-20-16(19)18(5)10-8-14-7-6-9-17(3,4)15(14)11-18/h13H,6-12H2,1-5H3/t18-/m0/s1. The zero-order valence-electron chi connectivity index (χ0n) is 13.8. The summed E-state index contributed by atoms with van der Waals surface area (Å²) in [5.74, 6) is 0.422. The molecule has 0 fully saturated rings. The van der Waals surface area contributed by atoms with Crippen molar-refractivity contribution >= 4 is 5.97 Å². The number of allylic oxidation sites excluding steroid dienone is 2. The minimum atomic E-state index is -0.303. The Kier molecular flexibility index (Phi) is 4.32. The molecule has 0 N–H and O–H groups in total. The minimum absolute atomic E-state index is 0.0131. The van der Waals surface area contributed by atoms with Gasteiger partial charge in [0.25, 0.3) is 0 Å². The molecule has 0 spiro atoms. The highest BCUT2D eigenvalue weighted by Crippen LogP contribution is 2.51. The number of carbonyl (C=O) groups excluding carboxylic acids is 1. The van der Waals surface area contributed by atoms with Gasteiger partial charge in [0.1, 0.15) is 0 Å². The van der Waals surface area contributed by atoms with E-state index >= 15 is 0 Å². The van der Waals surface area contributed by atoms with Crippen molar-refractivity contribution in [3.05, 3.63) is 11.1 Å². The molecular weight excluding hydrogens is 248 g/mol. The lowest BCUT2D eigenvalue weighted by atomic mass is 9.61. The summed E-state index contributed by atoms with van der Waals surface area (Å²) < 4.78 is 5.53. The molecular formula is C18H30O2. The quantitative estimate of drug-likeness (QED) is 0.543. The third-order valence-electron chi connectivity index (χ3n) is 5.11. The summed E-state index contributed by atoms with van der Waals surface area (Å²) in [5, 5.41) is 0. The lowest BCUT2D eigenvalue weighted by Crippen LogP contribution is -2.37. The minimum Gasteiger partial charge on any atom is -0.465 e. The number of hydrogen-bond acceptors (Lipinski definition) is 2. The predicted octanol–water partition coefficient (Wildman–Crippen LogP) is 4.88. The Hall–Kier alpha value is -0.790. The van der Waals surface area contributed by atoms with Crippen LogP contribution in [0.5, 0.6) is 0 Å². The van der Waals surface area contributed by atoms with E-state index in [1.54, 1.807) is 11.1 Å². The molecule has 2 aliphatic carbocycles. The lowest BCUT2D eigenvalue weighted by Gasteiger charge is -2.43. The zero-order valence-corrected chi connectivity index (χ0v) is 13.8. The van der Waals surface area contributed by atoms with E-state index in [-0.39, 0.29) is 16.8 Å². The number of hydrogen-bond donors (Lipinski definition) is 0. The fraction of sp³-hybridized carbons (Fsp3) is 0.833. The molecule has 0 bridgehead atoms. The molecule has 0 saturated heterocycles. The first-order chi connectivity index (χ1) is 9.24. The van der Waals surface area contributed by atoms with Gasteiger partial charge < -0.3 is 4.74 Å². The lowest BCUT2D eigenvalue weighted by molar-refractivity contribution is -0.157. The van der Waals surface area contributed by atoms with Gasteiger partial charge in [-0.1, -0.05) is 38.8 Å². The topological polar surface area (TPSA) is 26.3 Å². The van der Waals surface area contributed by atoms with E-state index in [1.807, 2.05) is 0 Å². The second-order valence-corrected chi connectivity index (χ2v) is 8.05. The van der Waals surface area contributed by atoms with E-state index in [0.717, 1.165) is 19.3 Å². The predicted molar refractivity (Wildman–Crippen MR) is 82.4 cm³/mol. The maximum absolute atomic E-state index is 12.5. The molecule has 0 saturated carbocycles. The molecule has 1 atom stereocenters. The van der Waals surface area contributed by atoms with Gasteiger partial charge in [0.05, 0.1) is 12.0 Å². The monoisotopic (exact) mass is 278 g/mol. The molecule has 0 aromatic rings. The first-order valence-electron chi connectivity index (χ1n) is 8.13. The summed E-state index contributed by atoms with van der Waals surface area (Å²) in [5.41, 5.74) is 3.16. The smallest absolute Gasteiger partial charge is 0.312 e. The molecule has 2 aliphatic rings. The van der Waals surface area contributed by atoms with Gasteiger partial charge in [-0.2, -0.15) is 0 Å². The molecule has 2 heteroatoms. The van der Waals surface area contributed by atoms with Crippen molar-refractivity contribution in [1.82, 2.24) is 0 Å². The van der Waals surface area contributed by atoms with Gasteiger partial charge in [0.2, 0.25) is 0 Å². The summed E-state index contributed by atoms with van der Waals surface area (Å²) in [6.07, 6.45) is 6.76. The fourth-order valence-electron chi connectivity index (χ4n) is 3.66. The fourth-order valence-corrected chi connectivity index (χ4v) is 3.66. The Morgan fingerprint density at radius 3 is 2.55 bits per heavy atom. The average Bonchev–Trinajstić information content (AvgIpc) is 2.36. The van der Waals surface area contributed by atoms with Crippen molar-refractivity contribution in [3.63, 3.8) is 0 Å². The summed E-state index contributed by atoms with van der Waals surface area (Å²) >= 11 is 0. The van der Waals surface area contributed by atoms with Gasteiger partial charge in [-0.3, -0.25) is 4.79 Å². The van der Waals surface area contributed by atoms with E-state index < -0.39 is 0 Å². The van der Waals surface area contributed by atoms with Gasteiger partial charge >= 0.3 is 5.97 Å². The van der Waals surface area contributed by atoms with Crippen molar-refractivity contribution in [2.45, 2.75) is 73.1 Å². The van der Waals surface area contributed by atoms with Crippen molar-refractivity contribution in [2.75, 3.05) is 6.61 Å². The second kappa shape index (κ2) is 5.54. The van der Waals surface area contributed by atoms with Crippen LogP contribution in [0.2, 0.25) is 0 Å². The summed E-state index contributed by atoms with van der Waals surface area (Å²) in [4.78, 5) is 12.5. The molecule has 2 rings (SSSR count). The maximum atomic E-state index is 12.5. The van der Waals surface area contributed by atoms with E-state index in [9.17, 15) is 4.79 Å². The first kappa shape index (κ1) is 15.6. The molecule has 0 aromatic heterocycles. The number of rotatable bonds is 3. The van der Waals surface area contributed by atoms with Gasteiger partial charge in [0, 0.05) is 0 Å². The third kappa shape index (κ3) is 3.10. The Bertz CT molecular complexity index is 417. The Balaban J connectivity index is 2.13. The molecule has 0 aliphatic heterocycles. The van der Waals surface area contributed by atoms with Gasteiger partial charge in [-0.05, 0) is 56.8 Å². The van der Waals surface area contributed by atoms with Crippen LogP contribution in [0.3, 0.4) is 0 Å². The Labute approximate surface area is 124 Å². The van der Waals surface area contributed by atoms with Crippen LogP contribution in [0.1, 0.15) is 73.1 Å². The third-order valence-corrected chi connectivity index (χ3v) is 5.11.